The van der Waals surface area contributed by atoms with E-state index in [1.165, 1.54) is 37.8 Å². The minimum absolute atomic E-state index is 0.110. The number of hydrogen-bond donors (Lipinski definition) is 1. The summed E-state index contributed by atoms with van der Waals surface area (Å²) in [5.41, 5.74) is 2.35. The van der Waals surface area contributed by atoms with Crippen LogP contribution in [-0.2, 0) is 4.79 Å². The second kappa shape index (κ2) is 8.93. The van der Waals surface area contributed by atoms with E-state index in [0.29, 0.717) is 12.0 Å². The van der Waals surface area contributed by atoms with Gasteiger partial charge in [-0.25, -0.2) is 4.98 Å². The summed E-state index contributed by atoms with van der Waals surface area (Å²) in [5, 5.41) is 3.96. The zero-order valence-corrected chi connectivity index (χ0v) is 16.7. The standard InChI is InChI=1S/C19H33N3OS/c1-13(2)11-12-20-18(23)16(5)24-19-21-14(3)15(4)22(19)17-9-7-6-8-10-17/h13,16-17H,6-12H2,1-5H3,(H,20,23). The fraction of sp³-hybridized carbons (Fsp3) is 0.789. The van der Waals surface area contributed by atoms with Crippen molar-refractivity contribution in [3.05, 3.63) is 11.4 Å². The molecule has 1 aliphatic carbocycles. The third-order valence-corrected chi connectivity index (χ3v) is 6.03. The summed E-state index contributed by atoms with van der Waals surface area (Å²) in [6, 6.07) is 0.554. The Hall–Kier alpha value is -0.970. The molecule has 1 aromatic rings. The van der Waals surface area contributed by atoms with Crippen LogP contribution in [0.25, 0.3) is 0 Å². The highest BCUT2D eigenvalue weighted by atomic mass is 32.2. The molecule has 1 fully saturated rings. The summed E-state index contributed by atoms with van der Waals surface area (Å²) in [5.74, 6) is 0.734. The second-order valence-corrected chi connectivity index (χ2v) is 8.77. The second-order valence-electron chi connectivity index (χ2n) is 7.46. The van der Waals surface area contributed by atoms with Gasteiger partial charge in [0.25, 0.3) is 0 Å². The molecule has 1 aromatic heterocycles. The molecule has 0 radical (unpaired) electrons. The molecule has 0 bridgehead atoms. The molecular formula is C19H33N3OS. The van der Waals surface area contributed by atoms with E-state index in [0.717, 1.165) is 23.8 Å². The molecule has 1 atom stereocenters. The SMILES string of the molecule is Cc1nc(SC(C)C(=O)NCCC(C)C)n(C2CCCCC2)c1C. The Labute approximate surface area is 151 Å². The Morgan fingerprint density at radius 3 is 2.54 bits per heavy atom. The van der Waals surface area contributed by atoms with Gasteiger partial charge in [-0.2, -0.15) is 0 Å². The number of carbonyl (C=O) groups excluding carboxylic acids is 1. The van der Waals surface area contributed by atoms with Gasteiger partial charge in [0, 0.05) is 18.3 Å². The minimum Gasteiger partial charge on any atom is -0.355 e. The molecule has 1 heterocycles. The van der Waals surface area contributed by atoms with E-state index in [4.69, 9.17) is 4.98 Å². The third-order valence-electron chi connectivity index (χ3n) is 4.97. The van der Waals surface area contributed by atoms with Crippen LogP contribution >= 0.6 is 11.8 Å². The highest BCUT2D eigenvalue weighted by molar-refractivity contribution is 8.00. The van der Waals surface area contributed by atoms with Gasteiger partial charge in [0.15, 0.2) is 5.16 Å². The molecule has 5 heteroatoms. The van der Waals surface area contributed by atoms with Gasteiger partial charge in [-0.1, -0.05) is 44.9 Å². The molecule has 1 aliphatic rings. The zero-order valence-electron chi connectivity index (χ0n) is 15.9. The number of thioether (sulfide) groups is 1. The number of imidazole rings is 1. The topological polar surface area (TPSA) is 46.9 Å². The van der Waals surface area contributed by atoms with Gasteiger partial charge in [0.05, 0.1) is 10.9 Å². The van der Waals surface area contributed by atoms with Gasteiger partial charge < -0.3 is 9.88 Å². The van der Waals surface area contributed by atoms with E-state index in [9.17, 15) is 4.79 Å². The number of aromatic nitrogens is 2. The van der Waals surface area contributed by atoms with Crippen molar-refractivity contribution < 1.29 is 4.79 Å². The largest absolute Gasteiger partial charge is 0.355 e. The van der Waals surface area contributed by atoms with Crippen molar-refractivity contribution in [1.29, 1.82) is 0 Å². The van der Waals surface area contributed by atoms with Crippen molar-refractivity contribution in [3.8, 4) is 0 Å². The molecule has 24 heavy (non-hydrogen) atoms. The molecule has 1 amide bonds. The zero-order chi connectivity index (χ0) is 17.7. The summed E-state index contributed by atoms with van der Waals surface area (Å²) in [7, 11) is 0. The molecular weight excluding hydrogens is 318 g/mol. The van der Waals surface area contributed by atoms with Crippen molar-refractivity contribution in [3.63, 3.8) is 0 Å². The smallest absolute Gasteiger partial charge is 0.233 e. The van der Waals surface area contributed by atoms with E-state index in [-0.39, 0.29) is 11.2 Å². The maximum absolute atomic E-state index is 12.3. The van der Waals surface area contributed by atoms with Crippen LogP contribution in [0.15, 0.2) is 5.16 Å². The number of nitrogens with one attached hydrogen (secondary N) is 1. The van der Waals surface area contributed by atoms with Crippen molar-refractivity contribution in [2.45, 2.75) is 89.6 Å². The van der Waals surface area contributed by atoms with E-state index in [1.807, 2.05) is 6.92 Å². The van der Waals surface area contributed by atoms with Crippen LogP contribution < -0.4 is 5.32 Å². The number of nitrogens with zero attached hydrogens (tertiary/aromatic N) is 2. The monoisotopic (exact) mass is 351 g/mol. The lowest BCUT2D eigenvalue weighted by Gasteiger charge is -2.26. The third kappa shape index (κ3) is 5.01. The lowest BCUT2D eigenvalue weighted by Crippen LogP contribution is -2.32. The molecule has 1 N–H and O–H groups in total. The molecule has 4 nitrogen and oxygen atoms in total. The van der Waals surface area contributed by atoms with E-state index >= 15 is 0 Å². The molecule has 0 saturated heterocycles. The predicted octanol–water partition coefficient (Wildman–Crippen LogP) is 4.65. The first-order chi connectivity index (χ1) is 11.4. The number of amides is 1. The van der Waals surface area contributed by atoms with Gasteiger partial charge in [0.2, 0.25) is 5.91 Å². The van der Waals surface area contributed by atoms with E-state index in [1.54, 1.807) is 11.8 Å². The Bertz CT molecular complexity index is 547. The summed E-state index contributed by atoms with van der Waals surface area (Å²) < 4.78 is 2.40. The van der Waals surface area contributed by atoms with Gasteiger partial charge >= 0.3 is 0 Å². The van der Waals surface area contributed by atoms with Crippen molar-refractivity contribution in [2.24, 2.45) is 5.92 Å². The van der Waals surface area contributed by atoms with Crippen molar-refractivity contribution >= 4 is 17.7 Å². The first kappa shape index (κ1) is 19.4. The quantitative estimate of drug-likeness (QED) is 0.728. The van der Waals surface area contributed by atoms with Crippen molar-refractivity contribution in [2.75, 3.05) is 6.54 Å². The average Bonchev–Trinajstić information content (AvgIpc) is 2.82. The van der Waals surface area contributed by atoms with Crippen LogP contribution in [0.5, 0.6) is 0 Å². The van der Waals surface area contributed by atoms with Gasteiger partial charge in [0.1, 0.15) is 0 Å². The average molecular weight is 352 g/mol. The highest BCUT2D eigenvalue weighted by Gasteiger charge is 2.24. The molecule has 1 unspecified atom stereocenters. The first-order valence-electron chi connectivity index (χ1n) is 9.40. The number of rotatable bonds is 7. The maximum Gasteiger partial charge on any atom is 0.233 e. The number of hydrogen-bond acceptors (Lipinski definition) is 3. The molecule has 1 saturated carbocycles. The van der Waals surface area contributed by atoms with Gasteiger partial charge in [-0.05, 0) is 46.0 Å². The lowest BCUT2D eigenvalue weighted by atomic mass is 9.95. The van der Waals surface area contributed by atoms with Crippen LogP contribution in [0, 0.1) is 19.8 Å². The van der Waals surface area contributed by atoms with Gasteiger partial charge in [-0.15, -0.1) is 0 Å². The molecule has 0 aliphatic heterocycles. The number of carbonyl (C=O) groups is 1. The fourth-order valence-corrected chi connectivity index (χ4v) is 4.38. The van der Waals surface area contributed by atoms with E-state index < -0.39 is 0 Å². The van der Waals surface area contributed by atoms with Crippen LogP contribution in [-0.4, -0.2) is 27.3 Å². The predicted molar refractivity (Wildman–Crippen MR) is 102 cm³/mol. The normalized spacial score (nSPS) is 17.2. The molecule has 2 rings (SSSR count). The Balaban J connectivity index is 2.03. The first-order valence-corrected chi connectivity index (χ1v) is 10.3. The highest BCUT2D eigenvalue weighted by Crippen LogP contribution is 2.35. The van der Waals surface area contributed by atoms with Crippen LogP contribution in [0.2, 0.25) is 0 Å². The molecule has 0 aromatic carbocycles. The van der Waals surface area contributed by atoms with Crippen LogP contribution in [0.1, 0.15) is 76.7 Å². The summed E-state index contributed by atoms with van der Waals surface area (Å²) in [4.78, 5) is 17.1. The Kier molecular flexibility index (Phi) is 7.20. The van der Waals surface area contributed by atoms with Crippen LogP contribution in [0.4, 0.5) is 0 Å². The molecule has 136 valence electrons. The maximum atomic E-state index is 12.3. The molecule has 0 spiro atoms. The van der Waals surface area contributed by atoms with Crippen molar-refractivity contribution in [1.82, 2.24) is 14.9 Å². The van der Waals surface area contributed by atoms with E-state index in [2.05, 4.69) is 37.6 Å². The number of aryl methyl sites for hydroxylation is 1. The Morgan fingerprint density at radius 1 is 1.25 bits per heavy atom. The lowest BCUT2D eigenvalue weighted by molar-refractivity contribution is -0.120. The Morgan fingerprint density at radius 2 is 1.92 bits per heavy atom. The summed E-state index contributed by atoms with van der Waals surface area (Å²) in [6.07, 6.45) is 7.45. The summed E-state index contributed by atoms with van der Waals surface area (Å²) in [6.45, 7) is 11.3. The van der Waals surface area contributed by atoms with Crippen LogP contribution in [0.3, 0.4) is 0 Å². The fourth-order valence-electron chi connectivity index (χ4n) is 3.29. The van der Waals surface area contributed by atoms with Gasteiger partial charge in [-0.3, -0.25) is 4.79 Å². The summed E-state index contributed by atoms with van der Waals surface area (Å²) >= 11 is 1.61. The minimum atomic E-state index is -0.110.